The molecule has 0 aromatic heterocycles. The molecule has 0 aliphatic rings. The summed E-state index contributed by atoms with van der Waals surface area (Å²) in [6, 6.07) is 6.01. The maximum atomic E-state index is 13.7. The zero-order chi connectivity index (χ0) is 19.5. The van der Waals surface area contributed by atoms with Crippen LogP contribution in [-0.4, -0.2) is 31.9 Å². The first-order valence-electron chi connectivity index (χ1n) is 7.29. The summed E-state index contributed by atoms with van der Waals surface area (Å²) in [7, 11) is -4.20. The van der Waals surface area contributed by atoms with Gasteiger partial charge in [0.1, 0.15) is 17.2 Å². The second kappa shape index (κ2) is 7.48. The van der Waals surface area contributed by atoms with Gasteiger partial charge in [0.05, 0.1) is 10.6 Å². The first-order chi connectivity index (χ1) is 12.2. The van der Waals surface area contributed by atoms with E-state index in [0.29, 0.717) is 18.7 Å². The predicted molar refractivity (Wildman–Crippen MR) is 88.6 cm³/mol. The smallest absolute Gasteiger partial charge is 0.341 e. The van der Waals surface area contributed by atoms with Crippen LogP contribution in [-0.2, 0) is 10.0 Å². The van der Waals surface area contributed by atoms with Crippen LogP contribution in [0.4, 0.5) is 14.5 Å². The number of hydrogen-bond acceptors (Lipinski definition) is 4. The average molecular weight is 384 g/mol. The highest BCUT2D eigenvalue weighted by Gasteiger charge is 2.21. The molecule has 2 aromatic rings. The first kappa shape index (κ1) is 19.3. The number of amides is 1. The van der Waals surface area contributed by atoms with Gasteiger partial charge in [-0.15, -0.1) is 0 Å². The minimum absolute atomic E-state index is 0.242. The quantitative estimate of drug-likeness (QED) is 0.707. The highest BCUT2D eigenvalue weighted by atomic mass is 32.2. The molecule has 0 aliphatic heterocycles. The minimum Gasteiger partial charge on any atom is -0.477 e. The van der Waals surface area contributed by atoms with E-state index < -0.39 is 38.9 Å². The average Bonchev–Trinajstić information content (AvgIpc) is 2.53. The molecule has 0 bridgehead atoms. The molecule has 138 valence electrons. The van der Waals surface area contributed by atoms with E-state index in [1.165, 1.54) is 12.1 Å². The Balaban J connectivity index is 2.29. The molecule has 7 nitrogen and oxygen atoms in total. The third-order valence-corrected chi connectivity index (χ3v) is 4.67. The second-order valence-corrected chi connectivity index (χ2v) is 6.79. The van der Waals surface area contributed by atoms with Gasteiger partial charge >= 0.3 is 5.97 Å². The number of hydrogen-bond donors (Lipinski definition) is 3. The molecule has 0 saturated heterocycles. The molecular weight excluding hydrogens is 370 g/mol. The summed E-state index contributed by atoms with van der Waals surface area (Å²) < 4.78 is 53.8. The van der Waals surface area contributed by atoms with E-state index in [-0.39, 0.29) is 16.4 Å². The topological polar surface area (TPSA) is 113 Å². The number of nitrogens with one attached hydrogen (secondary N) is 2. The summed E-state index contributed by atoms with van der Waals surface area (Å²) in [6.07, 6.45) is 0. The van der Waals surface area contributed by atoms with E-state index >= 15 is 0 Å². The van der Waals surface area contributed by atoms with Crippen molar-refractivity contribution in [3.63, 3.8) is 0 Å². The number of sulfonamides is 1. The van der Waals surface area contributed by atoms with Crippen LogP contribution in [0.15, 0.2) is 41.3 Å². The number of benzene rings is 2. The van der Waals surface area contributed by atoms with Gasteiger partial charge in [-0.1, -0.05) is 0 Å². The van der Waals surface area contributed by atoms with Crippen molar-refractivity contribution in [2.45, 2.75) is 11.8 Å². The van der Waals surface area contributed by atoms with Gasteiger partial charge in [-0.25, -0.2) is 22.0 Å². The lowest BCUT2D eigenvalue weighted by atomic mass is 10.2. The lowest BCUT2D eigenvalue weighted by Crippen LogP contribution is -2.22. The molecular formula is C16H14F2N2O5S. The highest BCUT2D eigenvalue weighted by molar-refractivity contribution is 7.92. The zero-order valence-electron chi connectivity index (χ0n) is 13.4. The van der Waals surface area contributed by atoms with E-state index in [0.717, 1.165) is 12.1 Å². The Morgan fingerprint density at radius 2 is 1.62 bits per heavy atom. The summed E-state index contributed by atoms with van der Waals surface area (Å²) >= 11 is 0. The Morgan fingerprint density at radius 3 is 2.08 bits per heavy atom. The lowest BCUT2D eigenvalue weighted by molar-refractivity contribution is 0.0686. The van der Waals surface area contributed by atoms with Gasteiger partial charge in [-0.2, -0.15) is 0 Å². The molecule has 3 N–H and O–H groups in total. The van der Waals surface area contributed by atoms with E-state index in [4.69, 9.17) is 5.11 Å². The standard InChI is InChI=1S/C16H14F2N2O5S/c1-2-19-15(21)9-3-5-11(6-4-9)26(24,25)20-10-7-12(17)14(16(22)23)13(18)8-10/h3-8,20H,2H2,1H3,(H,19,21)(H,22,23). The summed E-state index contributed by atoms with van der Waals surface area (Å²) in [5, 5.41) is 11.3. The summed E-state index contributed by atoms with van der Waals surface area (Å²) in [4.78, 5) is 22.2. The van der Waals surface area contributed by atoms with Gasteiger partial charge in [0.25, 0.3) is 15.9 Å². The highest BCUT2D eigenvalue weighted by Crippen LogP contribution is 2.22. The zero-order valence-corrected chi connectivity index (χ0v) is 14.2. The fourth-order valence-corrected chi connectivity index (χ4v) is 3.14. The summed E-state index contributed by atoms with van der Waals surface area (Å²) in [5.41, 5.74) is -1.41. The molecule has 10 heteroatoms. The molecule has 0 heterocycles. The Bertz CT molecular complexity index is 936. The van der Waals surface area contributed by atoms with Gasteiger partial charge in [0, 0.05) is 12.1 Å². The van der Waals surface area contributed by atoms with Gasteiger partial charge in [-0.3, -0.25) is 9.52 Å². The SMILES string of the molecule is CCNC(=O)c1ccc(S(=O)(=O)Nc2cc(F)c(C(=O)O)c(F)c2)cc1. The molecule has 0 unspecified atom stereocenters. The molecule has 0 saturated carbocycles. The van der Waals surface area contributed by atoms with Crippen molar-refractivity contribution in [1.29, 1.82) is 0 Å². The first-order valence-corrected chi connectivity index (χ1v) is 8.77. The minimum atomic E-state index is -4.20. The Hall–Kier alpha value is -3.01. The van der Waals surface area contributed by atoms with E-state index in [9.17, 15) is 26.8 Å². The van der Waals surface area contributed by atoms with Crippen LogP contribution in [0.1, 0.15) is 27.6 Å². The number of carbonyl (C=O) groups is 2. The summed E-state index contributed by atoms with van der Waals surface area (Å²) in [6.45, 7) is 2.14. The monoisotopic (exact) mass is 384 g/mol. The van der Waals surface area contributed by atoms with Crippen molar-refractivity contribution in [3.05, 3.63) is 59.2 Å². The largest absolute Gasteiger partial charge is 0.477 e. The van der Waals surface area contributed by atoms with Gasteiger partial charge in [-0.05, 0) is 43.3 Å². The van der Waals surface area contributed by atoms with Crippen LogP contribution in [0.5, 0.6) is 0 Å². The number of anilines is 1. The van der Waals surface area contributed by atoms with Crippen molar-refractivity contribution in [3.8, 4) is 0 Å². The maximum Gasteiger partial charge on any atom is 0.341 e. The summed E-state index contributed by atoms with van der Waals surface area (Å²) in [5.74, 6) is -5.02. The van der Waals surface area contributed by atoms with Crippen LogP contribution in [0.2, 0.25) is 0 Å². The maximum absolute atomic E-state index is 13.7. The van der Waals surface area contributed by atoms with Crippen molar-refractivity contribution in [2.75, 3.05) is 11.3 Å². The third-order valence-electron chi connectivity index (χ3n) is 3.27. The van der Waals surface area contributed by atoms with Crippen LogP contribution in [0.25, 0.3) is 0 Å². The Labute approximate surface area is 147 Å². The van der Waals surface area contributed by atoms with Crippen LogP contribution < -0.4 is 10.0 Å². The number of carbonyl (C=O) groups excluding carboxylic acids is 1. The van der Waals surface area contributed by atoms with Gasteiger partial charge < -0.3 is 10.4 Å². The molecule has 0 aliphatic carbocycles. The molecule has 0 spiro atoms. The molecule has 26 heavy (non-hydrogen) atoms. The van der Waals surface area contributed by atoms with E-state index in [1.54, 1.807) is 6.92 Å². The number of rotatable bonds is 6. The van der Waals surface area contributed by atoms with Crippen molar-refractivity contribution in [2.24, 2.45) is 0 Å². The number of halogens is 2. The fourth-order valence-electron chi connectivity index (χ4n) is 2.10. The predicted octanol–water partition coefficient (Wildman–Crippen LogP) is 2.21. The number of carboxylic acid groups (broad SMARTS) is 1. The van der Waals surface area contributed by atoms with Crippen molar-refractivity contribution >= 4 is 27.6 Å². The van der Waals surface area contributed by atoms with Crippen molar-refractivity contribution in [1.82, 2.24) is 5.32 Å². The molecule has 0 radical (unpaired) electrons. The van der Waals surface area contributed by atoms with Gasteiger partial charge in [0.2, 0.25) is 0 Å². The molecule has 2 aromatic carbocycles. The molecule has 2 rings (SSSR count). The van der Waals surface area contributed by atoms with E-state index in [2.05, 4.69) is 5.32 Å². The third kappa shape index (κ3) is 4.14. The second-order valence-electron chi connectivity index (χ2n) is 5.11. The van der Waals surface area contributed by atoms with Crippen LogP contribution in [0.3, 0.4) is 0 Å². The normalized spacial score (nSPS) is 11.0. The Kier molecular flexibility index (Phi) is 5.56. The molecule has 1 amide bonds. The van der Waals surface area contributed by atoms with Crippen LogP contribution in [0, 0.1) is 11.6 Å². The lowest BCUT2D eigenvalue weighted by Gasteiger charge is -2.10. The van der Waals surface area contributed by atoms with E-state index in [1.807, 2.05) is 4.72 Å². The number of aromatic carboxylic acids is 1. The van der Waals surface area contributed by atoms with Gasteiger partial charge in [0.15, 0.2) is 0 Å². The Morgan fingerprint density at radius 1 is 1.08 bits per heavy atom. The number of carboxylic acids is 1. The molecule has 0 fully saturated rings. The fraction of sp³-hybridized carbons (Fsp3) is 0.125. The van der Waals surface area contributed by atoms with Crippen molar-refractivity contribution < 1.29 is 31.9 Å². The molecule has 0 atom stereocenters. The van der Waals surface area contributed by atoms with Crippen LogP contribution >= 0.6 is 0 Å².